The monoisotopic (exact) mass is 792 g/mol. The molecule has 6 nitrogen and oxygen atoms in total. The van der Waals surface area contributed by atoms with Crippen molar-refractivity contribution < 1.29 is 0 Å². The van der Waals surface area contributed by atoms with Crippen LogP contribution in [0.5, 0.6) is 0 Å². The van der Waals surface area contributed by atoms with Gasteiger partial charge in [0.25, 0.3) is 0 Å². The molecule has 0 saturated heterocycles. The predicted octanol–water partition coefficient (Wildman–Crippen LogP) is 13.1. The Balaban J connectivity index is 1.10. The minimum absolute atomic E-state index is 0.609. The van der Waals surface area contributed by atoms with E-state index in [0.29, 0.717) is 13.3 Å². The van der Waals surface area contributed by atoms with Crippen LogP contribution in [-0.4, -0.2) is 23.3 Å². The Morgan fingerprint density at radius 2 is 0.803 bits per heavy atom. The molecule has 3 aliphatic rings. The number of aryl methyl sites for hydroxylation is 6. The number of fused-ring (bicyclic) bond motifs is 5. The van der Waals surface area contributed by atoms with E-state index >= 15 is 0 Å². The van der Waals surface area contributed by atoms with Gasteiger partial charge < -0.3 is 19.6 Å². The van der Waals surface area contributed by atoms with Gasteiger partial charge >= 0.3 is 0 Å². The molecule has 2 aliphatic heterocycles. The minimum atomic E-state index is -0.813. The van der Waals surface area contributed by atoms with E-state index in [0.717, 1.165) is 45.3 Å². The number of para-hydroxylation sites is 4. The third-order valence-corrected chi connectivity index (χ3v) is 13.1. The maximum absolute atomic E-state index is 5.10. The van der Waals surface area contributed by atoms with Crippen LogP contribution >= 0.6 is 0 Å². The Kier molecular flexibility index (Phi) is 8.43. The van der Waals surface area contributed by atoms with Gasteiger partial charge in [-0.05, 0) is 147 Å². The lowest BCUT2D eigenvalue weighted by Crippen LogP contribution is -2.59. The molecule has 4 heterocycles. The van der Waals surface area contributed by atoms with Crippen molar-refractivity contribution in [3.63, 3.8) is 0 Å². The standard InChI is InChI=1S/C55H48N6/c1-35-27-37(3)51(38(4)28-35)41-15-11-17-43(31-41)58-33-60(49-23-9-7-21-47(49)58)55(45-19-13-25-56-53(45)54-46(55)20-14-26-57-54)61-34-59(48-22-8-10-24-50(48)61)44-18-12-16-42(32-44)52-39(5)29-36(2)30-40(52)6/h7-32H,33-34H2,1-6H3. The molecule has 11 rings (SSSR count). The fraction of sp³-hybridized carbons (Fsp3) is 0.164. The summed E-state index contributed by atoms with van der Waals surface area (Å²) in [6, 6.07) is 53.9. The SMILES string of the molecule is Cc1cc(C)c(-c2cccc(N3CN(C4(N5CN(c6cccc(-c7c(C)cc(C)cc7C)c6)c6ccccc65)c5cccnc5-c5ncccc54)c4ccccc43)c2)c(C)c1. The maximum atomic E-state index is 5.10. The molecule has 0 saturated carbocycles. The van der Waals surface area contributed by atoms with Crippen LogP contribution in [0.25, 0.3) is 33.6 Å². The molecule has 2 aromatic heterocycles. The zero-order valence-corrected chi connectivity index (χ0v) is 35.6. The highest BCUT2D eigenvalue weighted by molar-refractivity contribution is 5.93. The first-order valence-corrected chi connectivity index (χ1v) is 21.3. The highest BCUT2D eigenvalue weighted by Crippen LogP contribution is 2.60. The van der Waals surface area contributed by atoms with Crippen molar-refractivity contribution in [1.82, 2.24) is 9.97 Å². The molecule has 6 heteroatoms. The maximum Gasteiger partial charge on any atom is 0.173 e. The lowest BCUT2D eigenvalue weighted by atomic mass is 9.93. The van der Waals surface area contributed by atoms with Gasteiger partial charge in [0.1, 0.15) is 0 Å². The first-order valence-electron chi connectivity index (χ1n) is 21.3. The second-order valence-electron chi connectivity index (χ2n) is 17.1. The molecule has 0 atom stereocenters. The van der Waals surface area contributed by atoms with Crippen LogP contribution in [-0.2, 0) is 5.66 Å². The van der Waals surface area contributed by atoms with Crippen LogP contribution < -0.4 is 19.6 Å². The van der Waals surface area contributed by atoms with Crippen LogP contribution in [0.2, 0.25) is 0 Å². The lowest BCUT2D eigenvalue weighted by molar-refractivity contribution is 0.471. The molecule has 1 aliphatic carbocycles. The van der Waals surface area contributed by atoms with Crippen LogP contribution in [0.1, 0.15) is 44.5 Å². The molecule has 61 heavy (non-hydrogen) atoms. The number of hydrogen-bond acceptors (Lipinski definition) is 6. The summed E-state index contributed by atoms with van der Waals surface area (Å²) in [4.78, 5) is 20.4. The van der Waals surface area contributed by atoms with Gasteiger partial charge in [-0.1, -0.05) is 96.1 Å². The van der Waals surface area contributed by atoms with E-state index in [1.165, 1.54) is 67.0 Å². The highest BCUT2D eigenvalue weighted by atomic mass is 15.5. The van der Waals surface area contributed by atoms with Crippen LogP contribution in [0.15, 0.2) is 158 Å². The van der Waals surface area contributed by atoms with Crippen molar-refractivity contribution in [2.45, 2.75) is 47.2 Å². The van der Waals surface area contributed by atoms with Crippen molar-refractivity contribution >= 4 is 34.1 Å². The van der Waals surface area contributed by atoms with E-state index in [1.54, 1.807) is 0 Å². The van der Waals surface area contributed by atoms with Crippen molar-refractivity contribution in [3.05, 3.63) is 202 Å². The average Bonchev–Trinajstić information content (AvgIpc) is 3.93. The molecule has 8 aromatic rings. The summed E-state index contributed by atoms with van der Waals surface area (Å²) < 4.78 is 0. The Labute approximate surface area is 359 Å². The molecule has 0 spiro atoms. The fourth-order valence-corrected chi connectivity index (χ4v) is 11.0. The Morgan fingerprint density at radius 1 is 0.410 bits per heavy atom. The minimum Gasteiger partial charge on any atom is -0.321 e. The summed E-state index contributed by atoms with van der Waals surface area (Å²) in [6.07, 6.45) is 3.81. The Hall–Kier alpha value is -7.18. The Morgan fingerprint density at radius 3 is 1.21 bits per heavy atom. The summed E-state index contributed by atoms with van der Waals surface area (Å²) in [6.45, 7) is 14.5. The summed E-state index contributed by atoms with van der Waals surface area (Å²) in [5.41, 5.74) is 23.0. The lowest BCUT2D eigenvalue weighted by Gasteiger charge is -2.49. The quantitative estimate of drug-likeness (QED) is 0.167. The van der Waals surface area contributed by atoms with E-state index in [9.17, 15) is 0 Å². The first-order chi connectivity index (χ1) is 29.7. The number of pyridine rings is 2. The molecular weight excluding hydrogens is 745 g/mol. The van der Waals surface area contributed by atoms with Gasteiger partial charge in [-0.2, -0.15) is 0 Å². The largest absolute Gasteiger partial charge is 0.321 e. The molecule has 298 valence electrons. The molecule has 0 radical (unpaired) electrons. The second kappa shape index (κ2) is 14.0. The molecule has 6 aromatic carbocycles. The molecule has 0 amide bonds. The van der Waals surface area contributed by atoms with Crippen LogP contribution in [0.4, 0.5) is 34.1 Å². The van der Waals surface area contributed by atoms with E-state index in [-0.39, 0.29) is 0 Å². The van der Waals surface area contributed by atoms with E-state index in [1.807, 2.05) is 12.4 Å². The molecule has 0 N–H and O–H groups in total. The Bertz CT molecular complexity index is 2800. The number of aromatic nitrogens is 2. The highest BCUT2D eigenvalue weighted by Gasteiger charge is 2.58. The number of nitrogens with zero attached hydrogens (tertiary/aromatic N) is 6. The third kappa shape index (κ3) is 5.55. The van der Waals surface area contributed by atoms with Gasteiger partial charge in [0.2, 0.25) is 0 Å². The van der Waals surface area contributed by atoms with E-state index in [4.69, 9.17) is 9.97 Å². The topological polar surface area (TPSA) is 38.7 Å². The van der Waals surface area contributed by atoms with Gasteiger partial charge in [-0.25, -0.2) is 0 Å². The van der Waals surface area contributed by atoms with Gasteiger partial charge in [0.05, 0.1) is 47.5 Å². The van der Waals surface area contributed by atoms with Crippen LogP contribution in [0.3, 0.4) is 0 Å². The van der Waals surface area contributed by atoms with E-state index in [2.05, 4.69) is 207 Å². The number of anilines is 6. The van der Waals surface area contributed by atoms with Gasteiger partial charge in [0, 0.05) is 34.9 Å². The zero-order valence-electron chi connectivity index (χ0n) is 35.6. The fourth-order valence-electron chi connectivity index (χ4n) is 11.0. The summed E-state index contributed by atoms with van der Waals surface area (Å²) in [5, 5.41) is 0. The summed E-state index contributed by atoms with van der Waals surface area (Å²) in [5.74, 6) is 0. The second-order valence-corrected chi connectivity index (χ2v) is 17.1. The van der Waals surface area contributed by atoms with Gasteiger partial charge in [-0.3, -0.25) is 9.97 Å². The molecule has 0 fully saturated rings. The van der Waals surface area contributed by atoms with Crippen molar-refractivity contribution in [3.8, 4) is 33.6 Å². The van der Waals surface area contributed by atoms with Gasteiger partial charge in [0.15, 0.2) is 5.66 Å². The van der Waals surface area contributed by atoms with Crippen molar-refractivity contribution in [1.29, 1.82) is 0 Å². The number of hydrogen-bond donors (Lipinski definition) is 0. The molecular formula is C55H48N6. The third-order valence-electron chi connectivity index (χ3n) is 13.1. The normalized spacial score (nSPS) is 14.6. The summed E-state index contributed by atoms with van der Waals surface area (Å²) >= 11 is 0. The van der Waals surface area contributed by atoms with Gasteiger partial charge in [-0.15, -0.1) is 0 Å². The first kappa shape index (κ1) is 36.9. The molecule has 0 unspecified atom stereocenters. The van der Waals surface area contributed by atoms with Crippen LogP contribution in [0, 0.1) is 41.5 Å². The van der Waals surface area contributed by atoms with Crippen molar-refractivity contribution in [2.75, 3.05) is 32.9 Å². The molecule has 0 bridgehead atoms. The smallest absolute Gasteiger partial charge is 0.173 e. The zero-order chi connectivity index (χ0) is 41.6. The van der Waals surface area contributed by atoms with Crippen molar-refractivity contribution in [2.24, 2.45) is 0 Å². The van der Waals surface area contributed by atoms with E-state index < -0.39 is 5.66 Å². The number of benzene rings is 6. The predicted molar refractivity (Wildman–Crippen MR) is 252 cm³/mol. The average molecular weight is 793 g/mol. The number of rotatable bonds is 6. The summed E-state index contributed by atoms with van der Waals surface area (Å²) in [7, 11) is 0.